The number of hydrogen-bond acceptors (Lipinski definition) is 5. The fourth-order valence-corrected chi connectivity index (χ4v) is 3.37. The predicted molar refractivity (Wildman–Crippen MR) is 97.9 cm³/mol. The van der Waals surface area contributed by atoms with Crippen molar-refractivity contribution in [3.05, 3.63) is 58.8 Å². The van der Waals surface area contributed by atoms with Crippen LogP contribution in [0, 0.1) is 13.8 Å². The summed E-state index contributed by atoms with van der Waals surface area (Å²) in [6, 6.07) is 0. The molecule has 3 rings (SSSR count). The van der Waals surface area contributed by atoms with E-state index in [1.54, 1.807) is 10.8 Å². The third-order valence-electron chi connectivity index (χ3n) is 4.13. The molecule has 1 aliphatic carbocycles. The lowest BCUT2D eigenvalue weighted by Gasteiger charge is -2.06. The minimum absolute atomic E-state index is 0.0264. The molecule has 2 aromatic heterocycles. The molecule has 0 aromatic carbocycles. The third kappa shape index (κ3) is 3.85. The van der Waals surface area contributed by atoms with Crippen LogP contribution >= 0.6 is 11.8 Å². The summed E-state index contributed by atoms with van der Waals surface area (Å²) in [4.78, 5) is 21.4. The highest BCUT2D eigenvalue weighted by Gasteiger charge is 2.18. The van der Waals surface area contributed by atoms with Crippen LogP contribution in [0.3, 0.4) is 0 Å². The number of carbonyl (C=O) groups excluding carboxylic acids is 1. The van der Waals surface area contributed by atoms with Crippen molar-refractivity contribution < 1.29 is 9.21 Å². The quantitative estimate of drug-likeness (QED) is 0.580. The van der Waals surface area contributed by atoms with Gasteiger partial charge in [0.1, 0.15) is 11.5 Å². The number of aromatic nitrogens is 3. The Morgan fingerprint density at radius 3 is 2.80 bits per heavy atom. The number of rotatable bonds is 5. The zero-order valence-corrected chi connectivity index (χ0v) is 15.7. The third-order valence-corrected chi connectivity index (χ3v) is 5.04. The molecule has 0 aliphatic heterocycles. The first-order valence-corrected chi connectivity index (χ1v) is 9.00. The average molecular weight is 355 g/mol. The van der Waals surface area contributed by atoms with E-state index in [1.165, 1.54) is 11.8 Å². The number of allylic oxidation sites excluding steroid dienone is 6. The number of hydrogen-bond donors (Lipinski definition) is 0. The molecule has 0 radical (unpaired) electrons. The van der Waals surface area contributed by atoms with Gasteiger partial charge in [-0.1, -0.05) is 18.2 Å². The second-order valence-corrected chi connectivity index (χ2v) is 6.97. The van der Waals surface area contributed by atoms with E-state index in [-0.39, 0.29) is 5.78 Å². The van der Waals surface area contributed by atoms with Crippen LogP contribution in [0.15, 0.2) is 56.4 Å². The van der Waals surface area contributed by atoms with Crippen LogP contribution in [0.1, 0.15) is 41.7 Å². The molecule has 0 spiro atoms. The number of Topliss-reactive ketones (excluding diaryl/α,β-unsaturated/α-hetero) is 1. The number of oxazole rings is 1. The lowest BCUT2D eigenvalue weighted by Crippen LogP contribution is -2.08. The first-order chi connectivity index (χ1) is 12.0. The molecule has 1 aliphatic rings. The van der Waals surface area contributed by atoms with Crippen LogP contribution in [-0.4, -0.2) is 20.3 Å². The second-order valence-electron chi connectivity index (χ2n) is 6.05. The first-order valence-electron chi connectivity index (χ1n) is 8.19. The molecule has 130 valence electrons. The summed E-state index contributed by atoms with van der Waals surface area (Å²) in [5, 5.41) is 1.21. The van der Waals surface area contributed by atoms with E-state index in [0.29, 0.717) is 21.6 Å². The first kappa shape index (κ1) is 17.5. The Balaban J connectivity index is 1.80. The topological polar surface area (TPSA) is 60.9 Å². The van der Waals surface area contributed by atoms with Crippen LogP contribution in [0.25, 0.3) is 0 Å². The number of nitrogens with zero attached hydrogens (tertiary/aromatic N) is 3. The van der Waals surface area contributed by atoms with Crippen molar-refractivity contribution in [1.29, 1.82) is 0 Å². The molecule has 0 saturated heterocycles. The van der Waals surface area contributed by atoms with Gasteiger partial charge in [-0.2, -0.15) is 0 Å². The smallest absolute Gasteiger partial charge is 0.263 e. The van der Waals surface area contributed by atoms with E-state index in [0.717, 1.165) is 29.9 Å². The van der Waals surface area contributed by atoms with Crippen LogP contribution in [0.2, 0.25) is 0 Å². The molecular weight excluding hydrogens is 334 g/mol. The molecule has 2 heterocycles. The van der Waals surface area contributed by atoms with Crippen LogP contribution in [0.5, 0.6) is 0 Å². The summed E-state index contributed by atoms with van der Waals surface area (Å²) in [5.74, 6) is 0.766. The van der Waals surface area contributed by atoms with Gasteiger partial charge in [0.2, 0.25) is 5.78 Å². The van der Waals surface area contributed by atoms with Gasteiger partial charge in [0.25, 0.3) is 5.22 Å². The molecule has 5 nitrogen and oxygen atoms in total. The van der Waals surface area contributed by atoms with Gasteiger partial charge >= 0.3 is 0 Å². The van der Waals surface area contributed by atoms with E-state index in [9.17, 15) is 4.79 Å². The average Bonchev–Trinajstić information content (AvgIpc) is 3.10. The Bertz CT molecular complexity index is 880. The van der Waals surface area contributed by atoms with Gasteiger partial charge in [0.15, 0.2) is 5.16 Å². The highest BCUT2D eigenvalue weighted by Crippen LogP contribution is 2.28. The van der Waals surface area contributed by atoms with Crippen molar-refractivity contribution in [2.45, 2.75) is 44.0 Å². The summed E-state index contributed by atoms with van der Waals surface area (Å²) in [6.45, 7) is 5.62. The van der Waals surface area contributed by atoms with E-state index in [1.807, 2.05) is 33.9 Å². The van der Waals surface area contributed by atoms with Crippen molar-refractivity contribution in [1.82, 2.24) is 14.5 Å². The number of aryl methyl sites for hydroxylation is 2. The van der Waals surface area contributed by atoms with Crippen molar-refractivity contribution in [3.63, 3.8) is 0 Å². The van der Waals surface area contributed by atoms with E-state index in [4.69, 9.17) is 4.42 Å². The minimum atomic E-state index is -0.0264. The standard InChI is InChI=1S/C19H21N3O2S/c1-12(10-15-8-6-5-7-9-15)17(23)16-11-20-18(22(16)4)25-19-21-13(2)14(3)24-19/h6,8-11H,5,7H2,1-4H3/b12-10+. The molecule has 0 bridgehead atoms. The monoisotopic (exact) mass is 355 g/mol. The van der Waals surface area contributed by atoms with Crippen LogP contribution < -0.4 is 0 Å². The van der Waals surface area contributed by atoms with Gasteiger partial charge in [-0.05, 0) is 50.8 Å². The Hall–Kier alpha value is -2.34. The Morgan fingerprint density at radius 2 is 2.16 bits per heavy atom. The fraction of sp³-hybridized carbons (Fsp3) is 0.316. The van der Waals surface area contributed by atoms with Crippen molar-refractivity contribution in [2.75, 3.05) is 0 Å². The summed E-state index contributed by atoms with van der Waals surface area (Å²) in [6.07, 6.45) is 11.9. The summed E-state index contributed by atoms with van der Waals surface area (Å²) in [5.41, 5.74) is 3.19. The molecule has 2 aromatic rings. The van der Waals surface area contributed by atoms with Crippen molar-refractivity contribution in [2.24, 2.45) is 7.05 Å². The van der Waals surface area contributed by atoms with E-state index < -0.39 is 0 Å². The Morgan fingerprint density at radius 1 is 1.36 bits per heavy atom. The SMILES string of the molecule is C/C(=C\C1=CCCC=C1)C(=O)c1cnc(Sc2nc(C)c(C)o2)n1C. The van der Waals surface area contributed by atoms with E-state index in [2.05, 4.69) is 28.2 Å². The molecule has 0 saturated carbocycles. The lowest BCUT2D eigenvalue weighted by atomic mass is 10.0. The van der Waals surface area contributed by atoms with Crippen LogP contribution in [-0.2, 0) is 7.05 Å². The van der Waals surface area contributed by atoms with Gasteiger partial charge in [-0.25, -0.2) is 9.97 Å². The summed E-state index contributed by atoms with van der Waals surface area (Å²) < 4.78 is 7.36. The molecule has 0 N–H and O–H groups in total. The molecule has 0 atom stereocenters. The predicted octanol–water partition coefficient (Wildman–Crippen LogP) is 4.58. The molecule has 0 fully saturated rings. The normalized spacial score (nSPS) is 14.7. The summed E-state index contributed by atoms with van der Waals surface area (Å²) >= 11 is 1.31. The Labute approximate surface area is 151 Å². The van der Waals surface area contributed by atoms with Crippen molar-refractivity contribution >= 4 is 17.5 Å². The van der Waals surface area contributed by atoms with Gasteiger partial charge in [0.05, 0.1) is 11.9 Å². The highest BCUT2D eigenvalue weighted by molar-refractivity contribution is 7.99. The van der Waals surface area contributed by atoms with Crippen molar-refractivity contribution in [3.8, 4) is 0 Å². The van der Waals surface area contributed by atoms with Gasteiger partial charge < -0.3 is 8.98 Å². The maximum atomic E-state index is 12.7. The maximum absolute atomic E-state index is 12.7. The van der Waals surface area contributed by atoms with Gasteiger partial charge in [0, 0.05) is 18.8 Å². The summed E-state index contributed by atoms with van der Waals surface area (Å²) in [7, 11) is 1.83. The largest absolute Gasteiger partial charge is 0.436 e. The lowest BCUT2D eigenvalue weighted by molar-refractivity contribution is 0.102. The molecule has 6 heteroatoms. The van der Waals surface area contributed by atoms with E-state index >= 15 is 0 Å². The van der Waals surface area contributed by atoms with Crippen LogP contribution in [0.4, 0.5) is 0 Å². The number of carbonyl (C=O) groups is 1. The molecule has 0 amide bonds. The fourth-order valence-electron chi connectivity index (χ4n) is 2.52. The molecule has 25 heavy (non-hydrogen) atoms. The molecular formula is C19H21N3O2S. The van der Waals surface area contributed by atoms with Gasteiger partial charge in [-0.15, -0.1) is 0 Å². The highest BCUT2D eigenvalue weighted by atomic mass is 32.2. The maximum Gasteiger partial charge on any atom is 0.263 e. The minimum Gasteiger partial charge on any atom is -0.436 e. The van der Waals surface area contributed by atoms with Gasteiger partial charge in [-0.3, -0.25) is 4.79 Å². The Kier molecular flexibility index (Phi) is 5.08. The zero-order valence-electron chi connectivity index (χ0n) is 14.9. The zero-order chi connectivity index (χ0) is 18.0. The number of imidazole rings is 1. The number of ketones is 1. The second kappa shape index (κ2) is 7.27. The molecule has 0 unspecified atom stereocenters.